The molecular weight excluding hydrogens is 278 g/mol. The van der Waals surface area contributed by atoms with Gasteiger partial charge in [-0.05, 0) is 24.6 Å². The number of hydrogen-bond acceptors (Lipinski definition) is 4. The van der Waals surface area contributed by atoms with Crippen molar-refractivity contribution in [2.24, 2.45) is 0 Å². The number of aromatic nitrogens is 2. The van der Waals surface area contributed by atoms with Crippen LogP contribution in [0.15, 0.2) is 36.4 Å². The molecule has 3 aromatic rings. The first-order valence-electron chi connectivity index (χ1n) is 7.00. The van der Waals surface area contributed by atoms with Gasteiger partial charge >= 0.3 is 0 Å². The molecule has 0 spiro atoms. The van der Waals surface area contributed by atoms with Crippen molar-refractivity contribution in [3.63, 3.8) is 0 Å². The monoisotopic (exact) mass is 291 g/mol. The second-order valence-corrected chi connectivity index (χ2v) is 5.25. The van der Waals surface area contributed by atoms with Crippen molar-refractivity contribution in [1.29, 1.82) is 5.26 Å². The molecule has 22 heavy (non-hydrogen) atoms. The van der Waals surface area contributed by atoms with E-state index in [-0.39, 0.29) is 6.79 Å². The maximum Gasteiger partial charge on any atom is 0.231 e. The summed E-state index contributed by atoms with van der Waals surface area (Å²) in [4.78, 5) is 4.60. The fraction of sp³-hybridized carbons (Fsp3) is 0.176. The van der Waals surface area contributed by atoms with Crippen LogP contribution in [0.3, 0.4) is 0 Å². The summed E-state index contributed by atoms with van der Waals surface area (Å²) < 4.78 is 13.0. The van der Waals surface area contributed by atoms with Gasteiger partial charge < -0.3 is 14.0 Å². The van der Waals surface area contributed by atoms with E-state index < -0.39 is 0 Å². The Labute approximate surface area is 127 Å². The molecule has 5 heteroatoms. The van der Waals surface area contributed by atoms with Gasteiger partial charge in [0.1, 0.15) is 5.82 Å². The molecule has 0 amide bonds. The minimum Gasteiger partial charge on any atom is -0.454 e. The van der Waals surface area contributed by atoms with E-state index in [4.69, 9.17) is 14.7 Å². The molecule has 2 heterocycles. The first-order valence-corrected chi connectivity index (χ1v) is 7.00. The van der Waals surface area contributed by atoms with Crippen LogP contribution < -0.4 is 9.47 Å². The third kappa shape index (κ3) is 1.97. The number of benzene rings is 2. The smallest absolute Gasteiger partial charge is 0.231 e. The Balaban J connectivity index is 1.77. The third-order valence-corrected chi connectivity index (χ3v) is 3.86. The predicted molar refractivity (Wildman–Crippen MR) is 80.9 cm³/mol. The lowest BCUT2D eigenvalue weighted by Crippen LogP contribution is -2.02. The highest BCUT2D eigenvalue weighted by atomic mass is 16.7. The molecule has 2 aromatic carbocycles. The molecule has 1 aliphatic rings. The van der Waals surface area contributed by atoms with Gasteiger partial charge in [-0.1, -0.05) is 12.1 Å². The van der Waals surface area contributed by atoms with Gasteiger partial charge in [-0.3, -0.25) is 0 Å². The molecule has 0 saturated carbocycles. The Morgan fingerprint density at radius 3 is 2.64 bits per heavy atom. The molecule has 0 saturated heterocycles. The normalized spacial score (nSPS) is 12.5. The van der Waals surface area contributed by atoms with Crippen LogP contribution in [-0.2, 0) is 6.54 Å². The van der Waals surface area contributed by atoms with E-state index in [9.17, 15) is 0 Å². The van der Waals surface area contributed by atoms with Crippen molar-refractivity contribution >= 4 is 11.0 Å². The first kappa shape index (κ1) is 12.7. The SMILES string of the molecule is Cc1nc2cc3c(cc2n1Cc1ccc(C#N)cc1)OCO3. The van der Waals surface area contributed by atoms with Crippen LogP contribution in [0.2, 0.25) is 0 Å². The van der Waals surface area contributed by atoms with Gasteiger partial charge in [0.2, 0.25) is 6.79 Å². The summed E-state index contributed by atoms with van der Waals surface area (Å²) >= 11 is 0. The standard InChI is InChI=1S/C17H13N3O2/c1-11-19-14-6-16-17(22-10-21-16)7-15(14)20(11)9-13-4-2-12(8-18)3-5-13/h2-7H,9-10H2,1H3. The minimum absolute atomic E-state index is 0.260. The summed E-state index contributed by atoms with van der Waals surface area (Å²) in [6, 6.07) is 13.6. The van der Waals surface area contributed by atoms with E-state index in [0.717, 1.165) is 33.9 Å². The van der Waals surface area contributed by atoms with Gasteiger partial charge in [0, 0.05) is 18.7 Å². The highest BCUT2D eigenvalue weighted by Gasteiger charge is 2.18. The van der Waals surface area contributed by atoms with Gasteiger partial charge in [0.15, 0.2) is 11.5 Å². The summed E-state index contributed by atoms with van der Waals surface area (Å²) in [5.74, 6) is 2.44. The Kier molecular flexibility index (Phi) is 2.76. The Morgan fingerprint density at radius 1 is 1.18 bits per heavy atom. The number of hydrogen-bond donors (Lipinski definition) is 0. The zero-order chi connectivity index (χ0) is 15.1. The number of rotatable bonds is 2. The zero-order valence-electron chi connectivity index (χ0n) is 12.0. The van der Waals surface area contributed by atoms with E-state index in [2.05, 4.69) is 15.6 Å². The van der Waals surface area contributed by atoms with E-state index in [1.165, 1.54) is 0 Å². The van der Waals surface area contributed by atoms with Crippen molar-refractivity contribution in [2.45, 2.75) is 13.5 Å². The molecule has 1 aliphatic heterocycles. The van der Waals surface area contributed by atoms with Gasteiger partial charge in [-0.2, -0.15) is 5.26 Å². The third-order valence-electron chi connectivity index (χ3n) is 3.86. The maximum absolute atomic E-state index is 8.87. The molecule has 0 radical (unpaired) electrons. The second-order valence-electron chi connectivity index (χ2n) is 5.25. The second kappa shape index (κ2) is 4.78. The molecule has 0 atom stereocenters. The highest BCUT2D eigenvalue weighted by molar-refractivity contribution is 5.81. The van der Waals surface area contributed by atoms with Crippen LogP contribution in [0.1, 0.15) is 17.0 Å². The number of nitrogens with zero attached hydrogens (tertiary/aromatic N) is 3. The minimum atomic E-state index is 0.260. The van der Waals surface area contributed by atoms with Crippen LogP contribution in [0.5, 0.6) is 11.5 Å². The summed E-state index contributed by atoms with van der Waals surface area (Å²) in [5.41, 5.74) is 3.71. The van der Waals surface area contributed by atoms with Crippen molar-refractivity contribution in [1.82, 2.24) is 9.55 Å². The molecule has 0 bridgehead atoms. The Bertz CT molecular complexity index is 904. The average molecular weight is 291 g/mol. The summed E-state index contributed by atoms with van der Waals surface area (Å²) in [6.07, 6.45) is 0. The zero-order valence-corrected chi connectivity index (χ0v) is 12.0. The number of imidazole rings is 1. The Hall–Kier alpha value is -3.00. The topological polar surface area (TPSA) is 60.1 Å². The summed E-state index contributed by atoms with van der Waals surface area (Å²) in [5, 5.41) is 8.87. The van der Waals surface area contributed by atoms with Crippen molar-refractivity contribution in [2.75, 3.05) is 6.79 Å². The lowest BCUT2D eigenvalue weighted by molar-refractivity contribution is 0.174. The molecule has 0 aliphatic carbocycles. The average Bonchev–Trinajstić information content (AvgIpc) is 3.10. The fourth-order valence-electron chi connectivity index (χ4n) is 2.70. The maximum atomic E-state index is 8.87. The van der Waals surface area contributed by atoms with E-state index in [0.29, 0.717) is 12.1 Å². The molecular formula is C17H13N3O2. The molecule has 1 aromatic heterocycles. The van der Waals surface area contributed by atoms with Crippen molar-refractivity contribution in [3.05, 3.63) is 53.3 Å². The number of ether oxygens (including phenoxy) is 2. The summed E-state index contributed by atoms with van der Waals surface area (Å²) in [6.45, 7) is 2.95. The quantitative estimate of drug-likeness (QED) is 0.728. The fourth-order valence-corrected chi connectivity index (χ4v) is 2.70. The van der Waals surface area contributed by atoms with Crippen LogP contribution in [-0.4, -0.2) is 16.3 Å². The molecule has 0 N–H and O–H groups in total. The van der Waals surface area contributed by atoms with Crippen LogP contribution in [0.25, 0.3) is 11.0 Å². The lowest BCUT2D eigenvalue weighted by atomic mass is 10.1. The van der Waals surface area contributed by atoms with Gasteiger partial charge in [-0.15, -0.1) is 0 Å². The lowest BCUT2D eigenvalue weighted by Gasteiger charge is -2.07. The first-order chi connectivity index (χ1) is 10.7. The predicted octanol–water partition coefficient (Wildman–Crippen LogP) is 2.99. The Morgan fingerprint density at radius 2 is 1.91 bits per heavy atom. The van der Waals surface area contributed by atoms with Crippen LogP contribution in [0.4, 0.5) is 0 Å². The number of fused-ring (bicyclic) bond motifs is 2. The van der Waals surface area contributed by atoms with E-state index >= 15 is 0 Å². The van der Waals surface area contributed by atoms with Gasteiger partial charge in [0.05, 0.1) is 22.7 Å². The summed E-state index contributed by atoms with van der Waals surface area (Å²) in [7, 11) is 0. The largest absolute Gasteiger partial charge is 0.454 e. The molecule has 4 rings (SSSR count). The highest BCUT2D eigenvalue weighted by Crippen LogP contribution is 2.36. The van der Waals surface area contributed by atoms with Gasteiger partial charge in [0.25, 0.3) is 0 Å². The van der Waals surface area contributed by atoms with Gasteiger partial charge in [-0.25, -0.2) is 4.98 Å². The molecule has 5 nitrogen and oxygen atoms in total. The molecule has 108 valence electrons. The van der Waals surface area contributed by atoms with Crippen molar-refractivity contribution in [3.8, 4) is 17.6 Å². The number of nitriles is 1. The van der Waals surface area contributed by atoms with E-state index in [1.54, 1.807) is 0 Å². The van der Waals surface area contributed by atoms with Crippen LogP contribution >= 0.6 is 0 Å². The van der Waals surface area contributed by atoms with Crippen molar-refractivity contribution < 1.29 is 9.47 Å². The molecule has 0 unspecified atom stereocenters. The molecule has 0 fully saturated rings. The van der Waals surface area contributed by atoms with E-state index in [1.807, 2.05) is 43.3 Å². The van der Waals surface area contributed by atoms with Crippen LogP contribution in [0, 0.1) is 18.3 Å². The number of aryl methyl sites for hydroxylation is 1.